The minimum atomic E-state index is 0.158. The summed E-state index contributed by atoms with van der Waals surface area (Å²) in [5.74, 6) is 0.158. The van der Waals surface area contributed by atoms with Crippen LogP contribution in [0.5, 0.6) is 0 Å². The molecule has 0 aliphatic rings. The molecule has 1 heterocycles. The number of aromatic nitrogens is 1. The zero-order valence-corrected chi connectivity index (χ0v) is 12.3. The molecule has 1 aromatic heterocycles. The predicted molar refractivity (Wildman–Crippen MR) is 88.8 cm³/mol. The van der Waals surface area contributed by atoms with E-state index in [1.54, 1.807) is 6.20 Å². The van der Waals surface area contributed by atoms with E-state index < -0.39 is 0 Å². The Morgan fingerprint density at radius 3 is 2.32 bits per heavy atom. The average molecular weight is 287 g/mol. The number of ketones is 1. The van der Waals surface area contributed by atoms with Gasteiger partial charge in [-0.2, -0.15) is 0 Å². The molecule has 108 valence electrons. The lowest BCUT2D eigenvalue weighted by Gasteiger charge is -2.08. The van der Waals surface area contributed by atoms with Crippen LogP contribution in [0.25, 0.3) is 11.3 Å². The molecule has 2 aromatic carbocycles. The van der Waals surface area contributed by atoms with Gasteiger partial charge in [-0.3, -0.25) is 9.78 Å². The molecule has 0 N–H and O–H groups in total. The Bertz CT molecular complexity index is 751. The minimum absolute atomic E-state index is 0.158. The lowest BCUT2D eigenvalue weighted by molar-refractivity contribution is 0.0983. The first-order valence-electron chi connectivity index (χ1n) is 7.42. The summed E-state index contributed by atoms with van der Waals surface area (Å²) in [7, 11) is 0. The van der Waals surface area contributed by atoms with Crippen LogP contribution in [0.2, 0.25) is 0 Å². The molecule has 0 unspecified atom stereocenters. The lowest BCUT2D eigenvalue weighted by atomic mass is 9.97. The van der Waals surface area contributed by atoms with Gasteiger partial charge in [0.05, 0.1) is 5.69 Å². The number of carbonyl (C=O) groups is 1. The van der Waals surface area contributed by atoms with Gasteiger partial charge in [0.25, 0.3) is 0 Å². The van der Waals surface area contributed by atoms with Crippen molar-refractivity contribution < 1.29 is 4.79 Å². The number of pyridine rings is 1. The molecule has 0 saturated carbocycles. The molecule has 2 heteroatoms. The molecule has 2 nitrogen and oxygen atoms in total. The first-order valence-corrected chi connectivity index (χ1v) is 7.42. The molecule has 0 aliphatic heterocycles. The molecule has 0 saturated heterocycles. The Morgan fingerprint density at radius 1 is 0.818 bits per heavy atom. The molecule has 0 spiro atoms. The Hall–Kier alpha value is -2.74. The molecule has 0 amide bonds. The van der Waals surface area contributed by atoms with Crippen LogP contribution in [0, 0.1) is 0 Å². The number of aryl methyl sites for hydroxylation is 1. The van der Waals surface area contributed by atoms with E-state index in [4.69, 9.17) is 0 Å². The van der Waals surface area contributed by atoms with Gasteiger partial charge in [-0.05, 0) is 24.1 Å². The second kappa shape index (κ2) is 6.81. The topological polar surface area (TPSA) is 30.0 Å². The first-order chi connectivity index (χ1) is 10.8. The quantitative estimate of drug-likeness (QED) is 0.644. The number of benzene rings is 2. The van der Waals surface area contributed by atoms with Crippen LogP contribution in [0.15, 0.2) is 79.0 Å². The Labute approximate surface area is 130 Å². The summed E-state index contributed by atoms with van der Waals surface area (Å²) in [5.41, 5.74) is 3.68. The number of carbonyl (C=O) groups excluding carboxylic acids is 1. The molecule has 3 rings (SSSR count). The highest BCUT2D eigenvalue weighted by Gasteiger charge is 2.12. The predicted octanol–water partition coefficient (Wildman–Crippen LogP) is 4.56. The molecule has 0 aliphatic carbocycles. The smallest absolute Gasteiger partial charge is 0.163 e. The van der Waals surface area contributed by atoms with Crippen molar-refractivity contribution in [2.75, 3.05) is 0 Å². The van der Waals surface area contributed by atoms with Gasteiger partial charge in [-0.25, -0.2) is 0 Å². The maximum absolute atomic E-state index is 12.6. The summed E-state index contributed by atoms with van der Waals surface area (Å²) in [5, 5.41) is 0. The first kappa shape index (κ1) is 14.2. The summed E-state index contributed by atoms with van der Waals surface area (Å²) in [6.07, 6.45) is 3.02. The Kier molecular flexibility index (Phi) is 4.40. The number of hydrogen-bond acceptors (Lipinski definition) is 2. The van der Waals surface area contributed by atoms with E-state index in [-0.39, 0.29) is 5.78 Å². The lowest BCUT2D eigenvalue weighted by Crippen LogP contribution is -2.03. The van der Waals surface area contributed by atoms with Crippen molar-refractivity contribution in [2.24, 2.45) is 0 Å². The van der Waals surface area contributed by atoms with Crippen molar-refractivity contribution in [1.82, 2.24) is 4.98 Å². The Morgan fingerprint density at radius 2 is 1.55 bits per heavy atom. The van der Waals surface area contributed by atoms with Gasteiger partial charge >= 0.3 is 0 Å². The van der Waals surface area contributed by atoms with E-state index in [9.17, 15) is 4.79 Å². The summed E-state index contributed by atoms with van der Waals surface area (Å²) < 4.78 is 0. The highest BCUT2D eigenvalue weighted by Crippen LogP contribution is 2.23. The van der Waals surface area contributed by atoms with Crippen molar-refractivity contribution in [1.29, 1.82) is 0 Å². The normalized spacial score (nSPS) is 10.4. The fourth-order valence-corrected chi connectivity index (χ4v) is 2.51. The van der Waals surface area contributed by atoms with Crippen LogP contribution in [0.3, 0.4) is 0 Å². The van der Waals surface area contributed by atoms with Crippen LogP contribution in [0.1, 0.15) is 22.3 Å². The summed E-state index contributed by atoms with van der Waals surface area (Å²) in [6, 6.07) is 23.5. The summed E-state index contributed by atoms with van der Waals surface area (Å²) >= 11 is 0. The van der Waals surface area contributed by atoms with Crippen molar-refractivity contribution in [3.63, 3.8) is 0 Å². The third kappa shape index (κ3) is 3.29. The fraction of sp³-hybridized carbons (Fsp3) is 0.100. The van der Waals surface area contributed by atoms with Gasteiger partial charge in [-0.1, -0.05) is 60.7 Å². The molecule has 0 fully saturated rings. The molecule has 22 heavy (non-hydrogen) atoms. The Balaban J connectivity index is 1.81. The largest absolute Gasteiger partial charge is 0.294 e. The highest BCUT2D eigenvalue weighted by atomic mass is 16.1. The minimum Gasteiger partial charge on any atom is -0.294 e. The van der Waals surface area contributed by atoms with Crippen LogP contribution < -0.4 is 0 Å². The van der Waals surface area contributed by atoms with Crippen LogP contribution in [-0.4, -0.2) is 10.8 Å². The third-order valence-corrected chi connectivity index (χ3v) is 3.65. The van der Waals surface area contributed by atoms with E-state index >= 15 is 0 Å². The molecule has 0 bridgehead atoms. The second-order valence-electron chi connectivity index (χ2n) is 5.17. The standard InChI is InChI=1S/C20H17NO/c22-20(14-13-16-8-2-1-3-9-16)18-11-5-4-10-17(18)19-12-6-7-15-21-19/h1-12,15H,13-14H2. The number of nitrogens with zero attached hydrogens (tertiary/aromatic N) is 1. The maximum Gasteiger partial charge on any atom is 0.163 e. The molecular formula is C20H17NO. The van der Waals surface area contributed by atoms with Crippen molar-refractivity contribution in [3.8, 4) is 11.3 Å². The van der Waals surface area contributed by atoms with Crippen LogP contribution >= 0.6 is 0 Å². The van der Waals surface area contributed by atoms with Gasteiger partial charge in [-0.15, -0.1) is 0 Å². The van der Waals surface area contributed by atoms with E-state index in [0.29, 0.717) is 6.42 Å². The highest BCUT2D eigenvalue weighted by molar-refractivity contribution is 6.02. The SMILES string of the molecule is O=C(CCc1ccccc1)c1ccccc1-c1ccccn1. The second-order valence-corrected chi connectivity index (χ2v) is 5.17. The fourth-order valence-electron chi connectivity index (χ4n) is 2.51. The zero-order valence-electron chi connectivity index (χ0n) is 12.3. The number of Topliss-reactive ketones (excluding diaryl/α,β-unsaturated/α-hetero) is 1. The monoisotopic (exact) mass is 287 g/mol. The summed E-state index contributed by atoms with van der Waals surface area (Å²) in [6.45, 7) is 0. The molecule has 0 radical (unpaired) electrons. The van der Waals surface area contributed by atoms with Crippen LogP contribution in [-0.2, 0) is 6.42 Å². The van der Waals surface area contributed by atoms with E-state index in [2.05, 4.69) is 17.1 Å². The van der Waals surface area contributed by atoms with Crippen molar-refractivity contribution in [2.45, 2.75) is 12.8 Å². The van der Waals surface area contributed by atoms with E-state index in [1.165, 1.54) is 5.56 Å². The third-order valence-electron chi connectivity index (χ3n) is 3.65. The zero-order chi connectivity index (χ0) is 15.2. The van der Waals surface area contributed by atoms with Crippen molar-refractivity contribution >= 4 is 5.78 Å². The average Bonchev–Trinajstić information content (AvgIpc) is 2.61. The van der Waals surface area contributed by atoms with E-state index in [0.717, 1.165) is 23.2 Å². The van der Waals surface area contributed by atoms with Gasteiger partial charge in [0, 0.05) is 23.7 Å². The van der Waals surface area contributed by atoms with Crippen molar-refractivity contribution in [3.05, 3.63) is 90.1 Å². The van der Waals surface area contributed by atoms with Gasteiger partial charge in [0.2, 0.25) is 0 Å². The summed E-state index contributed by atoms with van der Waals surface area (Å²) in [4.78, 5) is 16.9. The molecule has 0 atom stereocenters. The maximum atomic E-state index is 12.6. The van der Waals surface area contributed by atoms with Gasteiger partial charge < -0.3 is 0 Å². The van der Waals surface area contributed by atoms with Crippen LogP contribution in [0.4, 0.5) is 0 Å². The molecular weight excluding hydrogens is 270 g/mol. The number of hydrogen-bond donors (Lipinski definition) is 0. The molecule has 3 aromatic rings. The number of rotatable bonds is 5. The van der Waals surface area contributed by atoms with Gasteiger partial charge in [0.15, 0.2) is 5.78 Å². The van der Waals surface area contributed by atoms with Gasteiger partial charge in [0.1, 0.15) is 0 Å². The van der Waals surface area contributed by atoms with E-state index in [1.807, 2.05) is 60.7 Å².